The first-order valence-electron chi connectivity index (χ1n) is 5.14. The summed E-state index contributed by atoms with van der Waals surface area (Å²) in [6.07, 6.45) is 2.26. The molecule has 0 aromatic rings. The predicted octanol–water partition coefficient (Wildman–Crippen LogP) is 1.15. The molecule has 0 spiro atoms. The van der Waals surface area contributed by atoms with Crippen molar-refractivity contribution in [3.8, 4) is 0 Å². The molecule has 0 unspecified atom stereocenters. The molecule has 0 atom stereocenters. The van der Waals surface area contributed by atoms with Crippen LogP contribution in [-0.2, 0) is 4.79 Å². The third-order valence-electron chi connectivity index (χ3n) is 1.82. The van der Waals surface area contributed by atoms with Crippen LogP contribution in [0, 0.1) is 5.92 Å². The van der Waals surface area contributed by atoms with Crippen LogP contribution in [0.2, 0.25) is 0 Å². The Morgan fingerprint density at radius 3 is 2.62 bits per heavy atom. The molecule has 0 bridgehead atoms. The van der Waals surface area contributed by atoms with E-state index in [1.165, 1.54) is 6.42 Å². The van der Waals surface area contributed by atoms with Gasteiger partial charge in [-0.1, -0.05) is 20.8 Å². The first-order chi connectivity index (χ1) is 6.16. The molecule has 0 saturated carbocycles. The Balaban J connectivity index is 3.17. The van der Waals surface area contributed by atoms with Crippen molar-refractivity contribution >= 4 is 5.91 Å². The highest BCUT2D eigenvalue weighted by Gasteiger charge is 1.98. The van der Waals surface area contributed by atoms with Crippen molar-refractivity contribution in [2.24, 2.45) is 5.92 Å². The molecule has 0 radical (unpaired) electrons. The molecule has 3 heteroatoms. The number of nitrogens with one attached hydrogen (secondary N) is 2. The number of rotatable bonds is 7. The van der Waals surface area contributed by atoms with Crippen LogP contribution in [0.5, 0.6) is 0 Å². The van der Waals surface area contributed by atoms with Crippen LogP contribution in [0.3, 0.4) is 0 Å². The number of carbonyl (C=O) groups excluding carboxylic acids is 1. The maximum atomic E-state index is 11.1. The van der Waals surface area contributed by atoms with E-state index in [-0.39, 0.29) is 5.91 Å². The summed E-state index contributed by atoms with van der Waals surface area (Å²) in [6.45, 7) is 8.48. The van der Waals surface area contributed by atoms with Gasteiger partial charge in [-0.3, -0.25) is 4.79 Å². The van der Waals surface area contributed by atoms with Crippen molar-refractivity contribution in [2.75, 3.05) is 19.6 Å². The lowest BCUT2D eigenvalue weighted by molar-refractivity contribution is -0.120. The van der Waals surface area contributed by atoms with E-state index in [1.54, 1.807) is 0 Å². The second-order valence-corrected chi connectivity index (χ2v) is 3.67. The van der Waals surface area contributed by atoms with E-state index >= 15 is 0 Å². The van der Waals surface area contributed by atoms with Crippen molar-refractivity contribution in [2.45, 2.75) is 33.6 Å². The van der Waals surface area contributed by atoms with Crippen molar-refractivity contribution in [1.29, 1.82) is 0 Å². The molecule has 0 aliphatic rings. The van der Waals surface area contributed by atoms with Gasteiger partial charge < -0.3 is 10.6 Å². The Kier molecular flexibility index (Phi) is 7.69. The molecule has 1 amide bonds. The van der Waals surface area contributed by atoms with E-state index in [4.69, 9.17) is 0 Å². The van der Waals surface area contributed by atoms with Gasteiger partial charge in [0.1, 0.15) is 0 Å². The van der Waals surface area contributed by atoms with E-state index in [0.717, 1.165) is 25.4 Å². The summed E-state index contributed by atoms with van der Waals surface area (Å²) in [7, 11) is 0. The van der Waals surface area contributed by atoms with E-state index in [1.807, 2.05) is 6.92 Å². The third kappa shape index (κ3) is 9.34. The topological polar surface area (TPSA) is 41.1 Å². The smallest absolute Gasteiger partial charge is 0.233 e. The third-order valence-corrected chi connectivity index (χ3v) is 1.82. The summed E-state index contributed by atoms with van der Waals surface area (Å²) >= 11 is 0. The normalized spacial score (nSPS) is 10.5. The average molecular weight is 186 g/mol. The number of hydrogen-bond acceptors (Lipinski definition) is 2. The molecule has 0 aliphatic carbocycles. The van der Waals surface area contributed by atoms with Crippen LogP contribution < -0.4 is 10.6 Å². The van der Waals surface area contributed by atoms with Gasteiger partial charge in [0.05, 0.1) is 6.54 Å². The van der Waals surface area contributed by atoms with E-state index in [9.17, 15) is 4.79 Å². The van der Waals surface area contributed by atoms with Crippen molar-refractivity contribution in [1.82, 2.24) is 10.6 Å². The first-order valence-corrected chi connectivity index (χ1v) is 5.14. The van der Waals surface area contributed by atoms with Gasteiger partial charge in [0, 0.05) is 6.54 Å². The Hall–Kier alpha value is -0.570. The largest absolute Gasteiger partial charge is 0.355 e. The standard InChI is InChI=1S/C10H22N2O/c1-4-11-8-10(13)12-7-5-6-9(2)3/h9,11H,4-8H2,1-3H3,(H,12,13). The van der Waals surface area contributed by atoms with Crippen LogP contribution >= 0.6 is 0 Å². The zero-order chi connectivity index (χ0) is 10.1. The Morgan fingerprint density at radius 1 is 1.38 bits per heavy atom. The molecule has 0 heterocycles. The second-order valence-electron chi connectivity index (χ2n) is 3.67. The molecule has 3 nitrogen and oxygen atoms in total. The van der Waals surface area contributed by atoms with Crippen molar-refractivity contribution in [3.63, 3.8) is 0 Å². The minimum Gasteiger partial charge on any atom is -0.355 e. The number of likely N-dealkylation sites (N-methyl/N-ethyl adjacent to an activating group) is 1. The lowest BCUT2D eigenvalue weighted by Gasteiger charge is -2.06. The zero-order valence-electron chi connectivity index (χ0n) is 9.02. The summed E-state index contributed by atoms with van der Waals surface area (Å²) in [4.78, 5) is 11.1. The minimum absolute atomic E-state index is 0.102. The monoisotopic (exact) mass is 186 g/mol. The molecule has 78 valence electrons. The molecule has 0 saturated heterocycles. The van der Waals surface area contributed by atoms with E-state index < -0.39 is 0 Å². The summed E-state index contributed by atoms with van der Waals surface area (Å²) in [5.74, 6) is 0.830. The quantitative estimate of drug-likeness (QED) is 0.586. The predicted molar refractivity (Wildman–Crippen MR) is 55.6 cm³/mol. The summed E-state index contributed by atoms with van der Waals surface area (Å²) in [5.41, 5.74) is 0. The summed E-state index contributed by atoms with van der Waals surface area (Å²) < 4.78 is 0. The summed E-state index contributed by atoms with van der Waals surface area (Å²) in [6, 6.07) is 0. The highest BCUT2D eigenvalue weighted by molar-refractivity contribution is 5.77. The first kappa shape index (κ1) is 12.4. The van der Waals surface area contributed by atoms with Crippen LogP contribution in [0.25, 0.3) is 0 Å². The van der Waals surface area contributed by atoms with Crippen LogP contribution in [-0.4, -0.2) is 25.5 Å². The summed E-state index contributed by atoms with van der Waals surface area (Å²) in [5, 5.41) is 5.86. The number of carbonyl (C=O) groups is 1. The fraction of sp³-hybridized carbons (Fsp3) is 0.900. The molecule has 0 aliphatic heterocycles. The van der Waals surface area contributed by atoms with Gasteiger partial charge in [0.15, 0.2) is 0 Å². The van der Waals surface area contributed by atoms with E-state index in [2.05, 4.69) is 24.5 Å². The molecule has 0 fully saturated rings. The lowest BCUT2D eigenvalue weighted by atomic mass is 10.1. The SMILES string of the molecule is CCNCC(=O)NCCCC(C)C. The molecule has 0 aromatic carbocycles. The van der Waals surface area contributed by atoms with Crippen molar-refractivity contribution in [3.05, 3.63) is 0 Å². The molecule has 0 rings (SSSR count). The van der Waals surface area contributed by atoms with Crippen molar-refractivity contribution < 1.29 is 4.79 Å². The Bertz CT molecular complexity index is 135. The fourth-order valence-electron chi connectivity index (χ4n) is 1.04. The highest BCUT2D eigenvalue weighted by atomic mass is 16.1. The van der Waals surface area contributed by atoms with Crippen LogP contribution in [0.4, 0.5) is 0 Å². The lowest BCUT2D eigenvalue weighted by Crippen LogP contribution is -2.34. The van der Waals surface area contributed by atoms with Gasteiger partial charge in [-0.2, -0.15) is 0 Å². The number of hydrogen-bond donors (Lipinski definition) is 2. The Labute approximate surface area is 81.3 Å². The van der Waals surface area contributed by atoms with Gasteiger partial charge in [0.2, 0.25) is 5.91 Å². The van der Waals surface area contributed by atoms with Crippen LogP contribution in [0.1, 0.15) is 33.6 Å². The van der Waals surface area contributed by atoms with Gasteiger partial charge in [-0.15, -0.1) is 0 Å². The molecule has 0 aromatic heterocycles. The maximum Gasteiger partial charge on any atom is 0.233 e. The van der Waals surface area contributed by atoms with Gasteiger partial charge in [0.25, 0.3) is 0 Å². The fourth-order valence-corrected chi connectivity index (χ4v) is 1.04. The van der Waals surface area contributed by atoms with Gasteiger partial charge in [-0.05, 0) is 25.3 Å². The minimum atomic E-state index is 0.102. The maximum absolute atomic E-state index is 11.1. The molecule has 13 heavy (non-hydrogen) atoms. The number of amides is 1. The molecular weight excluding hydrogens is 164 g/mol. The van der Waals surface area contributed by atoms with Gasteiger partial charge >= 0.3 is 0 Å². The molecular formula is C10H22N2O. The zero-order valence-corrected chi connectivity index (χ0v) is 9.02. The van der Waals surface area contributed by atoms with E-state index in [0.29, 0.717) is 6.54 Å². The second kappa shape index (κ2) is 8.05. The van der Waals surface area contributed by atoms with Gasteiger partial charge in [-0.25, -0.2) is 0 Å². The average Bonchev–Trinajstić information content (AvgIpc) is 2.08. The molecule has 2 N–H and O–H groups in total. The Morgan fingerprint density at radius 2 is 2.08 bits per heavy atom. The highest BCUT2D eigenvalue weighted by Crippen LogP contribution is 2.01. The van der Waals surface area contributed by atoms with Crippen LogP contribution in [0.15, 0.2) is 0 Å².